The van der Waals surface area contributed by atoms with E-state index in [1.165, 1.54) is 19.4 Å². The Morgan fingerprint density at radius 2 is 1.77 bits per heavy atom. The van der Waals surface area contributed by atoms with Crippen LogP contribution >= 0.6 is 0 Å². The molecule has 10 nitrogen and oxygen atoms in total. The molecule has 1 amide bonds. The Morgan fingerprint density at radius 1 is 1.07 bits per heavy atom. The smallest absolute Gasteiger partial charge is 0.356 e. The zero-order valence-electron chi connectivity index (χ0n) is 22.8. The molecule has 206 valence electrons. The lowest BCUT2D eigenvalue weighted by Crippen LogP contribution is -2.48. The molecule has 40 heavy (non-hydrogen) atoms. The number of carbonyl (C=O) groups is 2. The van der Waals surface area contributed by atoms with E-state index >= 15 is 0 Å². The molecule has 0 bridgehead atoms. The average Bonchev–Trinajstić information content (AvgIpc) is 3.31. The molecule has 1 aliphatic heterocycles. The van der Waals surface area contributed by atoms with Gasteiger partial charge in [0.05, 0.1) is 36.1 Å². The Labute approximate surface area is 232 Å². The number of aliphatic imine (C=N–C) groups is 1. The molecule has 0 spiro atoms. The molecule has 2 N–H and O–H groups in total. The van der Waals surface area contributed by atoms with Gasteiger partial charge in [0, 0.05) is 56.1 Å². The summed E-state index contributed by atoms with van der Waals surface area (Å²) < 4.78 is 4.77. The molecule has 10 heteroatoms. The van der Waals surface area contributed by atoms with Crippen LogP contribution in [0.5, 0.6) is 5.88 Å². The summed E-state index contributed by atoms with van der Waals surface area (Å²) in [6.45, 7) is 4.07. The Balaban J connectivity index is 1.44. The largest absolute Gasteiger partial charge is 0.494 e. The number of likely N-dealkylation sites (N-methyl/N-ethyl adjacent to an activating group) is 2. The first-order valence-electron chi connectivity index (χ1n) is 13.0. The summed E-state index contributed by atoms with van der Waals surface area (Å²) in [5, 5.41) is 11.5. The normalized spacial score (nSPS) is 14.8. The second kappa shape index (κ2) is 11.7. The number of piperazine rings is 1. The number of pyridine rings is 1. The Kier molecular flexibility index (Phi) is 7.90. The molecular weight excluding hydrogens is 508 g/mol. The van der Waals surface area contributed by atoms with Crippen LogP contribution in [-0.4, -0.2) is 96.4 Å². The van der Waals surface area contributed by atoms with Crippen LogP contribution in [0.2, 0.25) is 0 Å². The fraction of sp³-hybridized carbons (Fsp3) is 0.267. The van der Waals surface area contributed by atoms with Crippen molar-refractivity contribution in [1.82, 2.24) is 19.8 Å². The monoisotopic (exact) mass is 540 g/mol. The molecule has 5 rings (SSSR count). The van der Waals surface area contributed by atoms with Crippen molar-refractivity contribution in [3.8, 4) is 5.88 Å². The van der Waals surface area contributed by atoms with Crippen molar-refractivity contribution in [3.63, 3.8) is 0 Å². The number of aromatic nitrogens is 2. The predicted molar refractivity (Wildman–Crippen MR) is 155 cm³/mol. The van der Waals surface area contributed by atoms with Crippen molar-refractivity contribution in [2.24, 2.45) is 4.99 Å². The lowest BCUT2D eigenvalue weighted by Gasteiger charge is -2.32. The summed E-state index contributed by atoms with van der Waals surface area (Å²) in [7, 11) is 5.17. The van der Waals surface area contributed by atoms with Gasteiger partial charge in [-0.25, -0.2) is 14.8 Å². The van der Waals surface area contributed by atoms with E-state index in [1.807, 2.05) is 54.6 Å². The van der Waals surface area contributed by atoms with Crippen LogP contribution in [0.25, 0.3) is 10.9 Å². The number of fused-ring (bicyclic) bond motifs is 1. The number of amides is 1. The first kappa shape index (κ1) is 27.0. The third-order valence-corrected chi connectivity index (χ3v) is 7.15. The number of benzene rings is 2. The van der Waals surface area contributed by atoms with E-state index in [0.29, 0.717) is 34.4 Å². The number of H-pyrrole nitrogens is 1. The number of aromatic amines is 1. The average molecular weight is 541 g/mol. The SMILES string of the molecule is COC(=O)c1cc2[nH]c(O)c(C(=Nc3ccc(N(C)C(=O)CN4CCN(C)CC4)cc3)c3ccccc3)c2cn1. The lowest BCUT2D eigenvalue weighted by molar-refractivity contribution is -0.119. The quantitative estimate of drug-likeness (QED) is 0.273. The zero-order valence-corrected chi connectivity index (χ0v) is 22.8. The third kappa shape index (κ3) is 5.73. The Hall–Kier alpha value is -4.54. The fourth-order valence-corrected chi connectivity index (χ4v) is 4.72. The second-order valence-electron chi connectivity index (χ2n) is 9.83. The first-order valence-corrected chi connectivity index (χ1v) is 13.0. The van der Waals surface area contributed by atoms with Gasteiger partial charge in [-0.2, -0.15) is 0 Å². The maximum absolute atomic E-state index is 12.9. The van der Waals surface area contributed by atoms with Crippen LogP contribution in [0.3, 0.4) is 0 Å². The van der Waals surface area contributed by atoms with Gasteiger partial charge in [-0.1, -0.05) is 30.3 Å². The molecule has 3 heterocycles. The molecule has 2 aromatic heterocycles. The van der Waals surface area contributed by atoms with Crippen LogP contribution in [0.15, 0.2) is 71.9 Å². The van der Waals surface area contributed by atoms with Gasteiger partial charge in [0.15, 0.2) is 5.88 Å². The highest BCUT2D eigenvalue weighted by Crippen LogP contribution is 2.32. The van der Waals surface area contributed by atoms with Crippen molar-refractivity contribution in [1.29, 1.82) is 0 Å². The van der Waals surface area contributed by atoms with Crippen molar-refractivity contribution >= 4 is 39.9 Å². The summed E-state index contributed by atoms with van der Waals surface area (Å²) in [4.78, 5) is 43.1. The van der Waals surface area contributed by atoms with Gasteiger partial charge in [0.25, 0.3) is 0 Å². The molecule has 1 fully saturated rings. The van der Waals surface area contributed by atoms with Gasteiger partial charge in [-0.3, -0.25) is 9.69 Å². The van der Waals surface area contributed by atoms with Crippen LogP contribution in [0.1, 0.15) is 21.6 Å². The van der Waals surface area contributed by atoms with Gasteiger partial charge in [-0.15, -0.1) is 0 Å². The number of rotatable bonds is 7. The summed E-state index contributed by atoms with van der Waals surface area (Å²) in [6, 6.07) is 18.5. The molecule has 1 aliphatic rings. The fourth-order valence-electron chi connectivity index (χ4n) is 4.72. The number of carbonyl (C=O) groups excluding carboxylic acids is 2. The number of methoxy groups -OCH3 is 1. The molecule has 2 aromatic carbocycles. The van der Waals surface area contributed by atoms with E-state index in [-0.39, 0.29) is 17.5 Å². The van der Waals surface area contributed by atoms with Gasteiger partial charge in [0.1, 0.15) is 5.69 Å². The van der Waals surface area contributed by atoms with Crippen molar-refractivity contribution in [2.45, 2.75) is 0 Å². The second-order valence-corrected chi connectivity index (χ2v) is 9.83. The molecular formula is C30H32N6O4. The van der Waals surface area contributed by atoms with Crippen molar-refractivity contribution < 1.29 is 19.4 Å². The number of hydrogen-bond donors (Lipinski definition) is 2. The molecule has 0 atom stereocenters. The van der Waals surface area contributed by atoms with Crippen LogP contribution in [-0.2, 0) is 9.53 Å². The number of hydrogen-bond acceptors (Lipinski definition) is 8. The minimum atomic E-state index is -0.568. The summed E-state index contributed by atoms with van der Waals surface area (Å²) >= 11 is 0. The van der Waals surface area contributed by atoms with Crippen molar-refractivity contribution in [2.75, 3.05) is 58.8 Å². The first-order chi connectivity index (χ1) is 19.3. The van der Waals surface area contributed by atoms with Gasteiger partial charge >= 0.3 is 5.97 Å². The third-order valence-electron chi connectivity index (χ3n) is 7.15. The highest BCUT2D eigenvalue weighted by molar-refractivity contribution is 6.22. The van der Waals surface area contributed by atoms with E-state index in [2.05, 4.69) is 26.8 Å². The number of ether oxygens (including phenoxy) is 1. The van der Waals surface area contributed by atoms with E-state index in [9.17, 15) is 14.7 Å². The highest BCUT2D eigenvalue weighted by atomic mass is 16.5. The van der Waals surface area contributed by atoms with E-state index in [1.54, 1.807) is 11.9 Å². The standard InChI is InChI=1S/C30H32N6O4/c1-34-13-15-36(16-14-34)19-26(37)35(2)22-11-9-21(10-12-22)32-28(20-7-5-4-6-8-20)27-23-18-31-25(30(39)40-3)17-24(23)33-29(27)38/h4-12,17-18,33,38H,13-16,19H2,1-3H3. The van der Waals surface area contributed by atoms with E-state index in [0.717, 1.165) is 37.4 Å². The summed E-state index contributed by atoms with van der Waals surface area (Å²) in [5.74, 6) is -0.623. The van der Waals surface area contributed by atoms with Gasteiger partial charge in [0.2, 0.25) is 5.91 Å². The lowest BCUT2D eigenvalue weighted by atomic mass is 10.0. The molecule has 4 aromatic rings. The molecule has 0 aliphatic carbocycles. The van der Waals surface area contributed by atoms with Crippen LogP contribution in [0.4, 0.5) is 11.4 Å². The molecule has 1 saturated heterocycles. The molecule has 0 radical (unpaired) electrons. The highest BCUT2D eigenvalue weighted by Gasteiger charge is 2.22. The summed E-state index contributed by atoms with van der Waals surface area (Å²) in [6.07, 6.45) is 1.52. The number of nitrogens with one attached hydrogen (secondary N) is 1. The Bertz CT molecular complexity index is 1540. The predicted octanol–water partition coefficient (Wildman–Crippen LogP) is 3.43. The number of nitrogens with zero attached hydrogens (tertiary/aromatic N) is 5. The van der Waals surface area contributed by atoms with Gasteiger partial charge < -0.3 is 24.6 Å². The van der Waals surface area contributed by atoms with E-state index in [4.69, 9.17) is 9.73 Å². The maximum Gasteiger partial charge on any atom is 0.356 e. The maximum atomic E-state index is 12.9. The number of esters is 1. The van der Waals surface area contributed by atoms with Crippen LogP contribution in [0, 0.1) is 0 Å². The molecule has 0 saturated carbocycles. The number of aromatic hydroxyl groups is 1. The van der Waals surface area contributed by atoms with E-state index < -0.39 is 5.97 Å². The zero-order chi connectivity index (χ0) is 28.2. The molecule has 0 unspecified atom stereocenters. The van der Waals surface area contributed by atoms with Crippen LogP contribution < -0.4 is 4.90 Å². The minimum Gasteiger partial charge on any atom is -0.494 e. The van der Waals surface area contributed by atoms with Crippen molar-refractivity contribution in [3.05, 3.63) is 83.7 Å². The summed E-state index contributed by atoms with van der Waals surface area (Å²) in [5.41, 5.74) is 3.87. The minimum absolute atomic E-state index is 0.0355. The van der Waals surface area contributed by atoms with Gasteiger partial charge in [-0.05, 0) is 37.4 Å². The Morgan fingerprint density at radius 3 is 2.45 bits per heavy atom. The number of anilines is 1. The topological polar surface area (TPSA) is 114 Å².